The number of amides is 3. The van der Waals surface area contributed by atoms with Gasteiger partial charge in [0, 0.05) is 17.6 Å². The van der Waals surface area contributed by atoms with Crippen molar-refractivity contribution in [1.29, 1.82) is 0 Å². The summed E-state index contributed by atoms with van der Waals surface area (Å²) in [5, 5.41) is 13.8. The number of imide groups is 1. The minimum absolute atomic E-state index is 0.0503. The van der Waals surface area contributed by atoms with Crippen molar-refractivity contribution >= 4 is 24.0 Å². The van der Waals surface area contributed by atoms with E-state index in [2.05, 4.69) is 5.32 Å². The van der Waals surface area contributed by atoms with Crippen LogP contribution < -0.4 is 10.4 Å². The number of aromatic nitrogens is 1. The molecule has 0 bridgehead atoms. The lowest BCUT2D eigenvalue weighted by Gasteiger charge is -2.12. The van der Waals surface area contributed by atoms with Crippen LogP contribution in [0, 0.1) is 6.92 Å². The van der Waals surface area contributed by atoms with Gasteiger partial charge in [0.2, 0.25) is 0 Å². The van der Waals surface area contributed by atoms with Crippen LogP contribution in [-0.2, 0) is 11.3 Å². The Hall–Kier alpha value is -4.13. The molecule has 7 nitrogen and oxygen atoms in total. The van der Waals surface area contributed by atoms with Gasteiger partial charge in [0.1, 0.15) is 5.70 Å². The van der Waals surface area contributed by atoms with Crippen molar-refractivity contribution in [2.24, 2.45) is 0 Å². The molecule has 1 aliphatic rings. The lowest BCUT2D eigenvalue weighted by atomic mass is 10.1. The number of nitrogens with zero attached hydrogens (tertiary/aromatic N) is 2. The average molecular weight is 400 g/mol. The van der Waals surface area contributed by atoms with Gasteiger partial charge < -0.3 is 19.8 Å². The van der Waals surface area contributed by atoms with Crippen LogP contribution in [0.25, 0.3) is 11.8 Å². The van der Waals surface area contributed by atoms with Crippen LogP contribution in [0.5, 0.6) is 0 Å². The fourth-order valence-corrected chi connectivity index (χ4v) is 3.27. The Morgan fingerprint density at radius 1 is 1.07 bits per heavy atom. The SMILES string of the molecule is Cc1ccc(CN2C(=O)N/C(=C/c3cccn3-c3cccc(C(=O)[O-])c3)C2=O)cc1. The van der Waals surface area contributed by atoms with E-state index in [1.807, 2.05) is 31.2 Å². The van der Waals surface area contributed by atoms with Gasteiger partial charge in [-0.05, 0) is 48.4 Å². The number of aromatic carboxylic acids is 1. The third-order valence-corrected chi connectivity index (χ3v) is 4.86. The van der Waals surface area contributed by atoms with Crippen molar-refractivity contribution in [2.45, 2.75) is 13.5 Å². The van der Waals surface area contributed by atoms with Gasteiger partial charge >= 0.3 is 6.03 Å². The van der Waals surface area contributed by atoms with Crippen molar-refractivity contribution in [3.05, 3.63) is 94.9 Å². The molecule has 0 radical (unpaired) electrons. The van der Waals surface area contributed by atoms with Crippen LogP contribution in [0.15, 0.2) is 72.6 Å². The zero-order valence-corrected chi connectivity index (χ0v) is 16.2. The first-order chi connectivity index (χ1) is 14.4. The van der Waals surface area contributed by atoms with E-state index in [-0.39, 0.29) is 17.8 Å². The zero-order valence-electron chi connectivity index (χ0n) is 16.2. The third kappa shape index (κ3) is 3.73. The topological polar surface area (TPSA) is 94.5 Å². The summed E-state index contributed by atoms with van der Waals surface area (Å²) in [4.78, 5) is 37.4. The molecule has 1 saturated heterocycles. The van der Waals surface area contributed by atoms with Crippen LogP contribution in [0.3, 0.4) is 0 Å². The lowest BCUT2D eigenvalue weighted by Crippen LogP contribution is -2.30. The largest absolute Gasteiger partial charge is 0.545 e. The van der Waals surface area contributed by atoms with Crippen LogP contribution in [0.2, 0.25) is 0 Å². The van der Waals surface area contributed by atoms with E-state index < -0.39 is 17.9 Å². The van der Waals surface area contributed by atoms with E-state index in [1.54, 1.807) is 41.1 Å². The molecule has 7 heteroatoms. The van der Waals surface area contributed by atoms with Gasteiger partial charge in [0.15, 0.2) is 0 Å². The van der Waals surface area contributed by atoms with Gasteiger partial charge in [0.25, 0.3) is 5.91 Å². The molecule has 4 rings (SSSR count). The molecule has 2 heterocycles. The number of carbonyl (C=O) groups is 3. The predicted molar refractivity (Wildman–Crippen MR) is 108 cm³/mol. The molecule has 0 aliphatic carbocycles. The minimum atomic E-state index is -1.27. The van der Waals surface area contributed by atoms with Crippen LogP contribution in [-0.4, -0.2) is 27.4 Å². The summed E-state index contributed by atoms with van der Waals surface area (Å²) in [5.74, 6) is -1.69. The van der Waals surface area contributed by atoms with E-state index in [9.17, 15) is 19.5 Å². The number of carboxylic acid groups (broad SMARTS) is 1. The highest BCUT2D eigenvalue weighted by molar-refractivity contribution is 6.13. The Labute approximate surface area is 172 Å². The van der Waals surface area contributed by atoms with E-state index in [4.69, 9.17) is 0 Å². The van der Waals surface area contributed by atoms with E-state index in [0.717, 1.165) is 16.0 Å². The van der Waals surface area contributed by atoms with E-state index in [0.29, 0.717) is 11.4 Å². The van der Waals surface area contributed by atoms with E-state index >= 15 is 0 Å². The number of hydrogen-bond acceptors (Lipinski definition) is 4. The number of aryl methyl sites for hydroxylation is 1. The standard InChI is InChI=1S/C23H19N3O4/c1-15-7-9-16(10-8-15)14-26-21(27)20(24-23(26)30)13-19-6-3-11-25(19)18-5-2-4-17(12-18)22(28)29/h2-13H,14H2,1H3,(H,24,30)(H,28,29)/p-1/b20-13+. The van der Waals surface area contributed by atoms with Crippen molar-refractivity contribution < 1.29 is 19.5 Å². The zero-order chi connectivity index (χ0) is 21.3. The molecule has 30 heavy (non-hydrogen) atoms. The minimum Gasteiger partial charge on any atom is -0.545 e. The maximum atomic E-state index is 12.8. The quantitative estimate of drug-likeness (QED) is 0.525. The summed E-state index contributed by atoms with van der Waals surface area (Å²) in [5.41, 5.74) is 3.37. The summed E-state index contributed by atoms with van der Waals surface area (Å²) < 4.78 is 1.72. The fraction of sp³-hybridized carbons (Fsp3) is 0.0870. The van der Waals surface area contributed by atoms with Gasteiger partial charge in [0.05, 0.1) is 12.5 Å². The van der Waals surface area contributed by atoms with Gasteiger partial charge in [-0.15, -0.1) is 0 Å². The van der Waals surface area contributed by atoms with Crippen molar-refractivity contribution in [2.75, 3.05) is 0 Å². The summed E-state index contributed by atoms with van der Waals surface area (Å²) >= 11 is 0. The first-order valence-electron chi connectivity index (χ1n) is 9.31. The second kappa shape index (κ2) is 7.71. The predicted octanol–water partition coefficient (Wildman–Crippen LogP) is 2.24. The van der Waals surface area contributed by atoms with Crippen molar-refractivity contribution in [1.82, 2.24) is 14.8 Å². The van der Waals surface area contributed by atoms with E-state index in [1.165, 1.54) is 12.1 Å². The molecule has 3 amide bonds. The number of nitrogens with one attached hydrogen (secondary N) is 1. The first kappa shape index (κ1) is 19.2. The summed E-state index contributed by atoms with van der Waals surface area (Å²) in [7, 11) is 0. The molecule has 1 fully saturated rings. The third-order valence-electron chi connectivity index (χ3n) is 4.86. The molecule has 1 aromatic heterocycles. The second-order valence-electron chi connectivity index (χ2n) is 7.01. The highest BCUT2D eigenvalue weighted by atomic mass is 16.4. The number of carboxylic acids is 1. The van der Waals surface area contributed by atoms with Gasteiger partial charge in [-0.1, -0.05) is 42.0 Å². The average Bonchev–Trinajstić information content (AvgIpc) is 3.30. The van der Waals surface area contributed by atoms with Crippen molar-refractivity contribution in [3.63, 3.8) is 0 Å². The number of hydrogen-bond donors (Lipinski definition) is 1. The monoisotopic (exact) mass is 400 g/mol. The summed E-state index contributed by atoms with van der Waals surface area (Å²) in [6.07, 6.45) is 3.31. The maximum Gasteiger partial charge on any atom is 0.329 e. The highest BCUT2D eigenvalue weighted by Crippen LogP contribution is 2.20. The number of benzene rings is 2. The molecular weight excluding hydrogens is 382 g/mol. The Bertz CT molecular complexity index is 1180. The molecule has 0 unspecified atom stereocenters. The van der Waals surface area contributed by atoms with Gasteiger partial charge in [-0.2, -0.15) is 0 Å². The van der Waals surface area contributed by atoms with Gasteiger partial charge in [-0.3, -0.25) is 9.69 Å². The number of urea groups is 1. The van der Waals surface area contributed by atoms with Crippen LogP contribution in [0.1, 0.15) is 27.2 Å². The molecule has 1 aliphatic heterocycles. The highest BCUT2D eigenvalue weighted by Gasteiger charge is 2.33. The van der Waals surface area contributed by atoms with Crippen LogP contribution in [0.4, 0.5) is 4.79 Å². The molecule has 3 aromatic rings. The van der Waals surface area contributed by atoms with Gasteiger partial charge in [-0.25, -0.2) is 4.79 Å². The molecule has 0 atom stereocenters. The molecule has 0 spiro atoms. The normalized spacial score (nSPS) is 15.0. The summed E-state index contributed by atoms with van der Waals surface area (Å²) in [6.45, 7) is 2.15. The Balaban J connectivity index is 1.60. The number of carbonyl (C=O) groups excluding carboxylic acids is 3. The lowest BCUT2D eigenvalue weighted by molar-refractivity contribution is -0.255. The smallest absolute Gasteiger partial charge is 0.329 e. The first-order valence-corrected chi connectivity index (χ1v) is 9.31. The fourth-order valence-electron chi connectivity index (χ4n) is 3.27. The number of rotatable bonds is 5. The summed E-state index contributed by atoms with van der Waals surface area (Å²) in [6, 6.07) is 17.0. The van der Waals surface area contributed by atoms with Crippen LogP contribution >= 0.6 is 0 Å². The van der Waals surface area contributed by atoms with Crippen molar-refractivity contribution in [3.8, 4) is 5.69 Å². The second-order valence-corrected chi connectivity index (χ2v) is 7.01. The molecule has 1 N–H and O–H groups in total. The molecule has 2 aromatic carbocycles. The molecular formula is C23H18N3O4-. The molecule has 0 saturated carbocycles. The molecule has 150 valence electrons. The Morgan fingerprint density at radius 2 is 1.83 bits per heavy atom. The Kier molecular flexibility index (Phi) is 4.93. The Morgan fingerprint density at radius 3 is 2.57 bits per heavy atom. The maximum absolute atomic E-state index is 12.8.